The molecule has 3 nitrogen and oxygen atoms in total. The van der Waals surface area contributed by atoms with Crippen LogP contribution in [-0.4, -0.2) is 11.8 Å². The van der Waals surface area contributed by atoms with E-state index >= 15 is 0 Å². The van der Waals surface area contributed by atoms with Crippen molar-refractivity contribution in [3.05, 3.63) is 101 Å². The number of nitrogens with zero attached hydrogens (tertiary/aromatic N) is 1. The molecule has 0 saturated heterocycles. The van der Waals surface area contributed by atoms with Crippen LogP contribution < -0.4 is 4.90 Å². The van der Waals surface area contributed by atoms with Gasteiger partial charge in [-0.3, -0.25) is 9.59 Å². The van der Waals surface area contributed by atoms with Crippen LogP contribution in [0.25, 0.3) is 32.3 Å². The summed E-state index contributed by atoms with van der Waals surface area (Å²) in [5.74, 6) is -0.590. The third-order valence-electron chi connectivity index (χ3n) is 5.80. The van der Waals surface area contributed by atoms with Gasteiger partial charge in [0.05, 0.1) is 5.69 Å². The van der Waals surface area contributed by atoms with Gasteiger partial charge < -0.3 is 0 Å². The maximum Gasteiger partial charge on any atom is 0.265 e. The molecule has 0 spiro atoms. The number of carbonyl (C=O) groups excluding carboxylic acids is 2. The molecule has 5 aromatic rings. The average Bonchev–Trinajstić information content (AvgIpc) is 2.77. The molecule has 4 heteroatoms. The Kier molecular flexibility index (Phi) is 3.62. The molecular formula is C26H14BrNO2. The van der Waals surface area contributed by atoms with E-state index < -0.39 is 0 Å². The fourth-order valence-corrected chi connectivity index (χ4v) is 4.82. The number of imide groups is 1. The van der Waals surface area contributed by atoms with Crippen LogP contribution in [0.2, 0.25) is 0 Å². The lowest BCUT2D eigenvalue weighted by atomic mass is 9.93. The second kappa shape index (κ2) is 6.25. The molecule has 6 rings (SSSR count). The SMILES string of the molecule is O=C1c2cccc3c(Br)ccc(c23)C(=O)N1c1ccc2cc3ccccc3cc2c1. The van der Waals surface area contributed by atoms with Crippen LogP contribution in [0.3, 0.4) is 0 Å². The van der Waals surface area contributed by atoms with Crippen LogP contribution in [0.15, 0.2) is 89.4 Å². The zero-order valence-electron chi connectivity index (χ0n) is 15.7. The van der Waals surface area contributed by atoms with E-state index in [9.17, 15) is 9.59 Å². The number of hydrogen-bond acceptors (Lipinski definition) is 2. The molecule has 2 amide bonds. The number of fused-ring (bicyclic) bond motifs is 2. The van der Waals surface area contributed by atoms with Gasteiger partial charge >= 0.3 is 0 Å². The Morgan fingerprint density at radius 3 is 2.03 bits per heavy atom. The van der Waals surface area contributed by atoms with Crippen LogP contribution in [0.4, 0.5) is 5.69 Å². The molecule has 1 aliphatic heterocycles. The lowest BCUT2D eigenvalue weighted by Crippen LogP contribution is -2.40. The largest absolute Gasteiger partial charge is 0.268 e. The van der Waals surface area contributed by atoms with Crippen LogP contribution in [0, 0.1) is 0 Å². The molecule has 0 N–H and O–H groups in total. The highest BCUT2D eigenvalue weighted by molar-refractivity contribution is 9.10. The van der Waals surface area contributed by atoms with Gasteiger partial charge in [-0.15, -0.1) is 0 Å². The lowest BCUT2D eigenvalue weighted by molar-refractivity contribution is 0.0893. The molecule has 30 heavy (non-hydrogen) atoms. The predicted octanol–water partition coefficient (Wildman–Crippen LogP) is 6.71. The Labute approximate surface area is 180 Å². The van der Waals surface area contributed by atoms with Crippen molar-refractivity contribution < 1.29 is 9.59 Å². The zero-order chi connectivity index (χ0) is 20.4. The maximum atomic E-state index is 13.4. The smallest absolute Gasteiger partial charge is 0.265 e. The van der Waals surface area contributed by atoms with Gasteiger partial charge in [-0.25, -0.2) is 4.90 Å². The lowest BCUT2D eigenvalue weighted by Gasteiger charge is -2.27. The third-order valence-corrected chi connectivity index (χ3v) is 6.49. The first kappa shape index (κ1) is 17.4. The van der Waals surface area contributed by atoms with Crippen LogP contribution >= 0.6 is 15.9 Å². The molecule has 142 valence electrons. The summed E-state index contributed by atoms with van der Waals surface area (Å²) in [5, 5.41) is 5.93. The molecule has 0 bridgehead atoms. The van der Waals surface area contributed by atoms with Gasteiger partial charge in [-0.2, -0.15) is 0 Å². The Hall–Kier alpha value is -3.50. The van der Waals surface area contributed by atoms with Crippen LogP contribution in [0.5, 0.6) is 0 Å². The summed E-state index contributed by atoms with van der Waals surface area (Å²) >= 11 is 3.53. The fourth-order valence-electron chi connectivity index (χ4n) is 4.36. The molecule has 0 aromatic heterocycles. The zero-order valence-corrected chi connectivity index (χ0v) is 17.3. The van der Waals surface area contributed by atoms with Crippen molar-refractivity contribution in [1.29, 1.82) is 0 Å². The predicted molar refractivity (Wildman–Crippen MR) is 124 cm³/mol. The second-order valence-corrected chi connectivity index (χ2v) is 8.35. The summed E-state index contributed by atoms with van der Waals surface area (Å²) in [6.45, 7) is 0. The maximum absolute atomic E-state index is 13.4. The molecular weight excluding hydrogens is 438 g/mol. The monoisotopic (exact) mass is 451 g/mol. The summed E-state index contributed by atoms with van der Waals surface area (Å²) in [6, 6.07) is 27.3. The first-order valence-electron chi connectivity index (χ1n) is 9.64. The Bertz CT molecular complexity index is 1530. The van der Waals surface area contributed by atoms with E-state index in [1.54, 1.807) is 12.1 Å². The molecule has 5 aromatic carbocycles. The molecule has 1 heterocycles. The summed E-state index contributed by atoms with van der Waals surface area (Å²) < 4.78 is 0.870. The van der Waals surface area contributed by atoms with E-state index in [1.807, 2.05) is 48.5 Å². The Balaban J connectivity index is 1.56. The van der Waals surface area contributed by atoms with Gasteiger partial charge in [0.2, 0.25) is 0 Å². The summed E-state index contributed by atoms with van der Waals surface area (Å²) in [4.78, 5) is 28.0. The highest BCUT2D eigenvalue weighted by Crippen LogP contribution is 2.37. The number of amides is 2. The van der Waals surface area contributed by atoms with E-state index in [-0.39, 0.29) is 11.8 Å². The Morgan fingerprint density at radius 1 is 0.600 bits per heavy atom. The molecule has 0 unspecified atom stereocenters. The van der Waals surface area contributed by atoms with Gasteiger partial charge in [0, 0.05) is 21.0 Å². The van der Waals surface area contributed by atoms with Crippen LogP contribution in [-0.2, 0) is 0 Å². The van der Waals surface area contributed by atoms with E-state index in [2.05, 4.69) is 40.2 Å². The van der Waals surface area contributed by atoms with Gasteiger partial charge in [-0.1, -0.05) is 58.4 Å². The van der Waals surface area contributed by atoms with E-state index in [1.165, 1.54) is 4.90 Å². The Morgan fingerprint density at radius 2 is 1.27 bits per heavy atom. The van der Waals surface area contributed by atoms with Crippen LogP contribution in [0.1, 0.15) is 20.7 Å². The number of hydrogen-bond donors (Lipinski definition) is 0. The van der Waals surface area contributed by atoms with E-state index in [0.29, 0.717) is 22.2 Å². The first-order valence-corrected chi connectivity index (χ1v) is 10.4. The quantitative estimate of drug-likeness (QED) is 0.209. The average molecular weight is 452 g/mol. The first-order chi connectivity index (χ1) is 14.6. The van der Waals surface area contributed by atoms with Gasteiger partial charge in [-0.05, 0) is 69.4 Å². The minimum Gasteiger partial charge on any atom is -0.268 e. The van der Waals surface area contributed by atoms with Crippen molar-refractivity contribution in [3.63, 3.8) is 0 Å². The summed E-state index contributed by atoms with van der Waals surface area (Å²) in [7, 11) is 0. The molecule has 0 atom stereocenters. The topological polar surface area (TPSA) is 37.4 Å². The molecule has 0 fully saturated rings. The standard InChI is InChI=1S/C26H14BrNO2/c27-23-11-10-22-24-20(23)6-3-7-21(24)25(29)28(26(22)30)19-9-8-17-12-15-4-1-2-5-16(15)13-18(17)14-19/h1-14H. The third kappa shape index (κ3) is 2.37. The normalized spacial score (nSPS) is 13.6. The number of halogens is 1. The number of anilines is 1. The van der Waals surface area contributed by atoms with Crippen molar-refractivity contribution in [2.75, 3.05) is 4.90 Å². The van der Waals surface area contributed by atoms with E-state index in [0.717, 1.165) is 31.4 Å². The number of carbonyl (C=O) groups is 2. The van der Waals surface area contributed by atoms with Crippen molar-refractivity contribution in [2.24, 2.45) is 0 Å². The second-order valence-electron chi connectivity index (χ2n) is 7.50. The summed E-state index contributed by atoms with van der Waals surface area (Å²) in [6.07, 6.45) is 0. The minimum absolute atomic E-state index is 0.295. The molecule has 0 saturated carbocycles. The van der Waals surface area contributed by atoms with Gasteiger partial charge in [0.1, 0.15) is 0 Å². The van der Waals surface area contributed by atoms with Gasteiger partial charge in [0.15, 0.2) is 0 Å². The van der Waals surface area contributed by atoms with Crippen molar-refractivity contribution >= 4 is 65.7 Å². The number of benzene rings is 5. The highest BCUT2D eigenvalue weighted by Gasteiger charge is 2.34. The van der Waals surface area contributed by atoms with Crippen molar-refractivity contribution in [3.8, 4) is 0 Å². The van der Waals surface area contributed by atoms with E-state index in [4.69, 9.17) is 0 Å². The highest BCUT2D eigenvalue weighted by atomic mass is 79.9. The van der Waals surface area contributed by atoms with Crippen molar-refractivity contribution in [2.45, 2.75) is 0 Å². The minimum atomic E-state index is -0.295. The van der Waals surface area contributed by atoms with Gasteiger partial charge in [0.25, 0.3) is 11.8 Å². The molecule has 0 aliphatic carbocycles. The fraction of sp³-hybridized carbons (Fsp3) is 0. The van der Waals surface area contributed by atoms with Crippen molar-refractivity contribution in [1.82, 2.24) is 0 Å². The number of rotatable bonds is 1. The summed E-state index contributed by atoms with van der Waals surface area (Å²) in [5.41, 5.74) is 1.67. The molecule has 1 aliphatic rings. The molecule has 0 radical (unpaired) electrons.